The van der Waals surface area contributed by atoms with Crippen LogP contribution in [0.1, 0.15) is 37.7 Å². The second kappa shape index (κ2) is 6.40. The normalized spacial score (nSPS) is 21.0. The van der Waals surface area contributed by atoms with Crippen LogP contribution in [0.4, 0.5) is 0 Å². The van der Waals surface area contributed by atoms with Crippen LogP contribution >= 0.6 is 0 Å². The van der Waals surface area contributed by atoms with Gasteiger partial charge in [0, 0.05) is 18.5 Å². The van der Waals surface area contributed by atoms with Gasteiger partial charge in [-0.2, -0.15) is 0 Å². The van der Waals surface area contributed by atoms with Gasteiger partial charge in [0.15, 0.2) is 11.5 Å². The zero-order chi connectivity index (χ0) is 16.4. The fraction of sp³-hybridized carbons (Fsp3) is 0.611. The number of piperidine rings is 1. The molecule has 1 aliphatic heterocycles. The molecule has 0 bridgehead atoms. The lowest BCUT2D eigenvalue weighted by Crippen LogP contribution is -2.35. The summed E-state index contributed by atoms with van der Waals surface area (Å²) in [6.07, 6.45) is 4.30. The van der Waals surface area contributed by atoms with E-state index >= 15 is 0 Å². The Balaban J connectivity index is 1.74. The highest BCUT2D eigenvalue weighted by Gasteiger charge is 2.46. The quantitative estimate of drug-likeness (QED) is 0.873. The number of carbonyl (C=O) groups is 1. The Labute approximate surface area is 137 Å². The van der Waals surface area contributed by atoms with Gasteiger partial charge in [0.25, 0.3) is 0 Å². The summed E-state index contributed by atoms with van der Waals surface area (Å²) >= 11 is 0. The molecule has 0 radical (unpaired) electrons. The van der Waals surface area contributed by atoms with E-state index < -0.39 is 5.97 Å². The minimum Gasteiger partial charge on any atom is -0.493 e. The van der Waals surface area contributed by atoms with Crippen molar-refractivity contribution in [2.45, 2.75) is 43.6 Å². The second-order valence-electron chi connectivity index (χ2n) is 6.84. The molecule has 5 heteroatoms. The highest BCUT2D eigenvalue weighted by atomic mass is 16.5. The van der Waals surface area contributed by atoms with E-state index in [9.17, 15) is 4.79 Å². The van der Waals surface area contributed by atoms with E-state index in [1.807, 2.05) is 18.2 Å². The summed E-state index contributed by atoms with van der Waals surface area (Å²) in [5, 5.41) is 9.11. The van der Waals surface area contributed by atoms with Crippen molar-refractivity contribution in [2.24, 2.45) is 0 Å². The molecule has 3 rings (SSSR count). The number of carboxylic acids is 1. The second-order valence-corrected chi connectivity index (χ2v) is 6.84. The minimum absolute atomic E-state index is 0.186. The first-order valence-electron chi connectivity index (χ1n) is 8.28. The summed E-state index contributed by atoms with van der Waals surface area (Å²) in [5.41, 5.74) is 0.845. The van der Waals surface area contributed by atoms with Gasteiger partial charge in [0.1, 0.15) is 6.10 Å². The van der Waals surface area contributed by atoms with Crippen LogP contribution in [0.25, 0.3) is 0 Å². The van der Waals surface area contributed by atoms with Crippen LogP contribution in [0.2, 0.25) is 0 Å². The summed E-state index contributed by atoms with van der Waals surface area (Å²) in [6.45, 7) is 2.10. The molecular formula is C18H25NO4. The number of ether oxygens (including phenoxy) is 2. The predicted octanol–water partition coefficient (Wildman–Crippen LogP) is 2.67. The SMILES string of the molecule is COc1cc(C2(CC(=O)O)CC2)ccc1OC1CCN(C)CC1. The van der Waals surface area contributed by atoms with Gasteiger partial charge in [0.05, 0.1) is 13.5 Å². The molecule has 0 atom stereocenters. The van der Waals surface area contributed by atoms with E-state index in [0.717, 1.165) is 50.1 Å². The highest BCUT2D eigenvalue weighted by molar-refractivity contribution is 5.70. The first-order valence-corrected chi connectivity index (χ1v) is 8.28. The number of hydrogen-bond donors (Lipinski definition) is 1. The third-order valence-electron chi connectivity index (χ3n) is 5.08. The van der Waals surface area contributed by atoms with E-state index in [2.05, 4.69) is 11.9 Å². The van der Waals surface area contributed by atoms with Gasteiger partial charge in [-0.25, -0.2) is 0 Å². The molecule has 5 nitrogen and oxygen atoms in total. The van der Waals surface area contributed by atoms with Gasteiger partial charge in [-0.15, -0.1) is 0 Å². The van der Waals surface area contributed by atoms with Crippen LogP contribution < -0.4 is 9.47 Å². The Morgan fingerprint density at radius 2 is 2.00 bits per heavy atom. The number of methoxy groups -OCH3 is 1. The lowest BCUT2D eigenvalue weighted by molar-refractivity contribution is -0.137. The van der Waals surface area contributed by atoms with Gasteiger partial charge in [-0.3, -0.25) is 4.79 Å². The number of rotatable bonds is 6. The largest absolute Gasteiger partial charge is 0.493 e. The fourth-order valence-corrected chi connectivity index (χ4v) is 3.39. The number of nitrogens with zero attached hydrogens (tertiary/aromatic N) is 1. The van der Waals surface area contributed by atoms with Crippen molar-refractivity contribution in [1.29, 1.82) is 0 Å². The van der Waals surface area contributed by atoms with Crippen molar-refractivity contribution in [1.82, 2.24) is 4.90 Å². The summed E-state index contributed by atoms with van der Waals surface area (Å²) in [6, 6.07) is 5.90. The standard InChI is InChI=1S/C18H25NO4/c1-19-9-5-14(6-10-19)23-15-4-3-13(11-16(15)22-2)18(7-8-18)12-17(20)21/h3-4,11,14H,5-10,12H2,1-2H3,(H,20,21). The Morgan fingerprint density at radius 1 is 1.30 bits per heavy atom. The number of carboxylic acid groups (broad SMARTS) is 1. The summed E-state index contributed by atoms with van der Waals surface area (Å²) in [5.74, 6) is 0.725. The molecule has 126 valence electrons. The Morgan fingerprint density at radius 3 is 2.57 bits per heavy atom. The lowest BCUT2D eigenvalue weighted by Gasteiger charge is -2.30. The van der Waals surface area contributed by atoms with Crippen molar-refractivity contribution >= 4 is 5.97 Å². The molecule has 1 aromatic carbocycles. The third-order valence-corrected chi connectivity index (χ3v) is 5.08. The highest BCUT2D eigenvalue weighted by Crippen LogP contribution is 2.52. The zero-order valence-corrected chi connectivity index (χ0v) is 13.9. The molecule has 23 heavy (non-hydrogen) atoms. The maximum Gasteiger partial charge on any atom is 0.304 e. The average Bonchev–Trinajstić information content (AvgIpc) is 3.29. The molecule has 1 aromatic rings. The van der Waals surface area contributed by atoms with Gasteiger partial charge in [-0.05, 0) is 50.4 Å². The molecule has 1 aliphatic carbocycles. The molecule has 1 saturated heterocycles. The molecule has 2 fully saturated rings. The van der Waals surface area contributed by atoms with Crippen molar-refractivity contribution in [2.75, 3.05) is 27.2 Å². The van der Waals surface area contributed by atoms with Gasteiger partial charge in [-0.1, -0.05) is 6.07 Å². The minimum atomic E-state index is -0.742. The van der Waals surface area contributed by atoms with E-state index in [4.69, 9.17) is 14.6 Å². The van der Waals surface area contributed by atoms with Crippen LogP contribution in [0.15, 0.2) is 18.2 Å². The first kappa shape index (κ1) is 16.1. The predicted molar refractivity (Wildman–Crippen MR) is 87.3 cm³/mol. The van der Waals surface area contributed by atoms with Crippen LogP contribution in [0.3, 0.4) is 0 Å². The van der Waals surface area contributed by atoms with Crippen LogP contribution in [-0.2, 0) is 10.2 Å². The average molecular weight is 319 g/mol. The topological polar surface area (TPSA) is 59.0 Å². The van der Waals surface area contributed by atoms with E-state index in [1.54, 1.807) is 7.11 Å². The third kappa shape index (κ3) is 3.61. The summed E-state index contributed by atoms with van der Waals surface area (Å²) in [7, 11) is 3.76. The van der Waals surface area contributed by atoms with Crippen LogP contribution in [0, 0.1) is 0 Å². The van der Waals surface area contributed by atoms with Gasteiger partial charge in [0.2, 0.25) is 0 Å². The van der Waals surface area contributed by atoms with Crippen molar-refractivity contribution < 1.29 is 19.4 Å². The smallest absolute Gasteiger partial charge is 0.304 e. The fourth-order valence-electron chi connectivity index (χ4n) is 3.39. The van der Waals surface area contributed by atoms with E-state index in [-0.39, 0.29) is 17.9 Å². The van der Waals surface area contributed by atoms with Gasteiger partial charge < -0.3 is 19.5 Å². The number of benzene rings is 1. The summed E-state index contributed by atoms with van der Waals surface area (Å²) < 4.78 is 11.6. The van der Waals surface area contributed by atoms with Crippen molar-refractivity contribution in [3.8, 4) is 11.5 Å². The molecule has 1 N–H and O–H groups in total. The molecule has 0 amide bonds. The lowest BCUT2D eigenvalue weighted by atomic mass is 9.92. The van der Waals surface area contributed by atoms with Gasteiger partial charge >= 0.3 is 5.97 Å². The maximum atomic E-state index is 11.1. The molecule has 0 unspecified atom stereocenters. The van der Waals surface area contributed by atoms with Crippen molar-refractivity contribution in [3.63, 3.8) is 0 Å². The Bertz CT molecular complexity index is 574. The monoisotopic (exact) mass is 319 g/mol. The van der Waals surface area contributed by atoms with Crippen LogP contribution in [-0.4, -0.2) is 49.3 Å². The zero-order valence-electron chi connectivity index (χ0n) is 13.9. The number of likely N-dealkylation sites (tertiary alicyclic amines) is 1. The van der Waals surface area contributed by atoms with E-state index in [0.29, 0.717) is 5.75 Å². The molecule has 0 aromatic heterocycles. The van der Waals surface area contributed by atoms with Crippen molar-refractivity contribution in [3.05, 3.63) is 23.8 Å². The number of hydrogen-bond acceptors (Lipinski definition) is 4. The molecule has 1 saturated carbocycles. The Kier molecular flexibility index (Phi) is 4.48. The molecule has 2 aliphatic rings. The molecular weight excluding hydrogens is 294 g/mol. The molecule has 0 spiro atoms. The summed E-state index contributed by atoms with van der Waals surface area (Å²) in [4.78, 5) is 13.4. The van der Waals surface area contributed by atoms with E-state index in [1.165, 1.54) is 0 Å². The van der Waals surface area contributed by atoms with Crippen LogP contribution in [0.5, 0.6) is 11.5 Å². The first-order chi connectivity index (χ1) is 11.0. The Hall–Kier alpha value is -1.75. The maximum absolute atomic E-state index is 11.1. The number of aliphatic carboxylic acids is 1. The molecule has 1 heterocycles.